The Hall–Kier alpha value is -1.42. The van der Waals surface area contributed by atoms with Gasteiger partial charge in [0.15, 0.2) is 0 Å². The van der Waals surface area contributed by atoms with Crippen LogP contribution in [0.15, 0.2) is 12.1 Å². The van der Waals surface area contributed by atoms with Crippen LogP contribution in [0.3, 0.4) is 0 Å². The van der Waals surface area contributed by atoms with Crippen LogP contribution in [0.5, 0.6) is 5.75 Å². The highest BCUT2D eigenvalue weighted by atomic mass is 16.3. The van der Waals surface area contributed by atoms with Gasteiger partial charge in [0, 0.05) is 6.42 Å². The molecule has 0 aromatic heterocycles. The van der Waals surface area contributed by atoms with Crippen LogP contribution in [-0.4, -0.2) is 5.11 Å². The normalized spacial score (nSPS) is 12.2. The molecule has 21 heavy (non-hydrogen) atoms. The summed E-state index contributed by atoms with van der Waals surface area (Å²) in [5.74, 6) is 3.15. The zero-order valence-corrected chi connectivity index (χ0v) is 14.5. The van der Waals surface area contributed by atoms with Gasteiger partial charge in [-0.05, 0) is 46.8 Å². The van der Waals surface area contributed by atoms with Crippen LogP contribution in [0.25, 0.3) is 0 Å². The van der Waals surface area contributed by atoms with Gasteiger partial charge in [0.2, 0.25) is 0 Å². The maximum absolute atomic E-state index is 10.7. The van der Waals surface area contributed by atoms with Gasteiger partial charge in [0.25, 0.3) is 0 Å². The van der Waals surface area contributed by atoms with E-state index in [4.69, 9.17) is 6.42 Å². The monoisotopic (exact) mass is 286 g/mol. The summed E-state index contributed by atoms with van der Waals surface area (Å²) in [5.41, 5.74) is 3.28. The van der Waals surface area contributed by atoms with Gasteiger partial charge in [-0.2, -0.15) is 0 Å². The van der Waals surface area contributed by atoms with Crippen molar-refractivity contribution in [1.82, 2.24) is 0 Å². The highest BCUT2D eigenvalue weighted by molar-refractivity contribution is 5.49. The van der Waals surface area contributed by atoms with Crippen molar-refractivity contribution < 1.29 is 5.11 Å². The molecule has 0 saturated carbocycles. The van der Waals surface area contributed by atoms with E-state index in [1.807, 2.05) is 0 Å². The van der Waals surface area contributed by atoms with E-state index in [1.54, 1.807) is 0 Å². The third kappa shape index (κ3) is 4.81. The fourth-order valence-corrected chi connectivity index (χ4v) is 2.54. The van der Waals surface area contributed by atoms with Crippen LogP contribution in [0.2, 0.25) is 0 Å². The van der Waals surface area contributed by atoms with Crippen LogP contribution in [0.4, 0.5) is 0 Å². The zero-order chi connectivity index (χ0) is 16.3. The molecule has 1 aromatic carbocycles. The molecule has 0 fully saturated rings. The lowest BCUT2D eigenvalue weighted by molar-refractivity contribution is 0.422. The van der Waals surface area contributed by atoms with Crippen molar-refractivity contribution in [2.45, 2.75) is 78.1 Å². The SMILES string of the molecule is C#CCCCCc1cc(C(C)(C)C)c(O)c(C(C)(C)C)c1. The van der Waals surface area contributed by atoms with Gasteiger partial charge in [-0.25, -0.2) is 0 Å². The van der Waals surface area contributed by atoms with E-state index in [0.29, 0.717) is 5.75 Å². The summed E-state index contributed by atoms with van der Waals surface area (Å²) in [5, 5.41) is 10.7. The highest BCUT2D eigenvalue weighted by Gasteiger charge is 2.26. The molecular formula is C20H30O. The Morgan fingerprint density at radius 1 is 0.952 bits per heavy atom. The van der Waals surface area contributed by atoms with E-state index in [9.17, 15) is 5.11 Å². The minimum atomic E-state index is -0.0566. The van der Waals surface area contributed by atoms with E-state index >= 15 is 0 Å². The number of terminal acetylenes is 1. The summed E-state index contributed by atoms with van der Waals surface area (Å²) >= 11 is 0. The second-order valence-corrected chi connectivity index (χ2v) is 7.95. The molecular weight excluding hydrogens is 256 g/mol. The van der Waals surface area contributed by atoms with Crippen molar-refractivity contribution in [1.29, 1.82) is 0 Å². The second-order valence-electron chi connectivity index (χ2n) is 7.95. The van der Waals surface area contributed by atoms with Gasteiger partial charge in [-0.3, -0.25) is 0 Å². The van der Waals surface area contributed by atoms with Crippen LogP contribution in [0, 0.1) is 12.3 Å². The number of hydrogen-bond acceptors (Lipinski definition) is 1. The lowest BCUT2D eigenvalue weighted by Crippen LogP contribution is -2.18. The lowest BCUT2D eigenvalue weighted by atomic mass is 9.78. The number of phenols is 1. The highest BCUT2D eigenvalue weighted by Crippen LogP contribution is 2.39. The Labute approximate surface area is 130 Å². The van der Waals surface area contributed by atoms with Crippen molar-refractivity contribution in [3.63, 3.8) is 0 Å². The quantitative estimate of drug-likeness (QED) is 0.585. The van der Waals surface area contributed by atoms with Gasteiger partial charge >= 0.3 is 0 Å². The molecule has 0 radical (unpaired) electrons. The smallest absolute Gasteiger partial charge is 0.123 e. The van der Waals surface area contributed by atoms with E-state index < -0.39 is 0 Å². The Balaban J connectivity index is 3.19. The third-order valence-corrected chi connectivity index (χ3v) is 3.82. The number of unbranched alkanes of at least 4 members (excludes halogenated alkanes) is 2. The van der Waals surface area contributed by atoms with Crippen LogP contribution < -0.4 is 0 Å². The van der Waals surface area contributed by atoms with Gasteiger partial charge < -0.3 is 5.11 Å². The molecule has 0 aliphatic carbocycles. The largest absolute Gasteiger partial charge is 0.507 e. The van der Waals surface area contributed by atoms with Crippen LogP contribution in [-0.2, 0) is 17.3 Å². The first-order chi connectivity index (χ1) is 9.57. The molecule has 0 aliphatic rings. The Morgan fingerprint density at radius 2 is 1.43 bits per heavy atom. The van der Waals surface area contributed by atoms with Crippen molar-refractivity contribution in [3.05, 3.63) is 28.8 Å². The molecule has 116 valence electrons. The van der Waals surface area contributed by atoms with Crippen molar-refractivity contribution in [2.75, 3.05) is 0 Å². The minimum Gasteiger partial charge on any atom is -0.507 e. The van der Waals surface area contributed by atoms with Gasteiger partial charge in [-0.1, -0.05) is 53.7 Å². The summed E-state index contributed by atoms with van der Waals surface area (Å²) in [6.07, 6.45) is 9.33. The Bertz CT molecular complexity index is 483. The van der Waals surface area contributed by atoms with Gasteiger partial charge in [0.1, 0.15) is 5.75 Å². The standard InChI is InChI=1S/C20H30O/c1-8-9-10-11-12-15-13-16(19(2,3)4)18(21)17(14-15)20(5,6)7/h1,13-14,21H,9-12H2,2-7H3. The first-order valence-corrected chi connectivity index (χ1v) is 7.87. The number of aromatic hydroxyl groups is 1. The molecule has 0 amide bonds. The number of rotatable bonds is 4. The molecule has 0 unspecified atom stereocenters. The average molecular weight is 286 g/mol. The summed E-state index contributed by atoms with van der Waals surface area (Å²) < 4.78 is 0. The van der Waals surface area contributed by atoms with Crippen molar-refractivity contribution in [3.8, 4) is 18.1 Å². The first kappa shape index (κ1) is 17.6. The number of benzene rings is 1. The molecule has 0 aliphatic heterocycles. The van der Waals surface area contributed by atoms with E-state index in [1.165, 1.54) is 5.56 Å². The average Bonchev–Trinajstić information content (AvgIpc) is 2.33. The molecule has 0 atom stereocenters. The van der Waals surface area contributed by atoms with Gasteiger partial charge in [-0.15, -0.1) is 12.3 Å². The maximum atomic E-state index is 10.7. The number of aryl methyl sites for hydroxylation is 1. The summed E-state index contributed by atoms with van der Waals surface area (Å²) in [6, 6.07) is 4.33. The predicted molar refractivity (Wildman–Crippen MR) is 91.9 cm³/mol. The number of hydrogen-bond donors (Lipinski definition) is 1. The van der Waals surface area contributed by atoms with E-state index in [0.717, 1.165) is 36.8 Å². The fourth-order valence-electron chi connectivity index (χ4n) is 2.54. The van der Waals surface area contributed by atoms with Crippen molar-refractivity contribution in [2.24, 2.45) is 0 Å². The summed E-state index contributed by atoms with van der Waals surface area (Å²) in [7, 11) is 0. The van der Waals surface area contributed by atoms with Gasteiger partial charge in [0.05, 0.1) is 0 Å². The summed E-state index contributed by atoms with van der Waals surface area (Å²) in [4.78, 5) is 0. The lowest BCUT2D eigenvalue weighted by Gasteiger charge is -2.28. The second kappa shape index (κ2) is 6.56. The van der Waals surface area contributed by atoms with Crippen LogP contribution in [0.1, 0.15) is 77.5 Å². The molecule has 1 N–H and O–H groups in total. The molecule has 0 saturated heterocycles. The molecule has 1 rings (SSSR count). The molecule has 1 aromatic rings. The molecule has 0 heterocycles. The maximum Gasteiger partial charge on any atom is 0.123 e. The van der Waals surface area contributed by atoms with Crippen molar-refractivity contribution >= 4 is 0 Å². The zero-order valence-electron chi connectivity index (χ0n) is 14.5. The molecule has 1 heteroatoms. The topological polar surface area (TPSA) is 20.2 Å². The molecule has 1 nitrogen and oxygen atoms in total. The van der Waals surface area contributed by atoms with Crippen LogP contribution >= 0.6 is 0 Å². The number of phenolic OH excluding ortho intramolecular Hbond substituents is 1. The fraction of sp³-hybridized carbons (Fsp3) is 0.600. The Morgan fingerprint density at radius 3 is 1.81 bits per heavy atom. The third-order valence-electron chi connectivity index (χ3n) is 3.82. The molecule has 0 spiro atoms. The van der Waals surface area contributed by atoms with E-state index in [-0.39, 0.29) is 10.8 Å². The predicted octanol–water partition coefficient (Wildman–Crippen LogP) is 5.33. The summed E-state index contributed by atoms with van der Waals surface area (Å²) in [6.45, 7) is 12.9. The molecule has 0 bridgehead atoms. The Kier molecular flexibility index (Phi) is 5.51. The van der Waals surface area contributed by atoms with E-state index in [2.05, 4.69) is 59.6 Å². The first-order valence-electron chi connectivity index (χ1n) is 7.87. The minimum absolute atomic E-state index is 0.0566.